The zero-order valence-corrected chi connectivity index (χ0v) is 7.33. The normalized spacial score (nSPS) is 39.5. The predicted molar refractivity (Wildman–Crippen MR) is 44.2 cm³/mol. The van der Waals surface area contributed by atoms with E-state index in [-0.39, 0.29) is 12.2 Å². The Kier molecular flexibility index (Phi) is 2.90. The molecular formula is C9H18O2. The van der Waals surface area contributed by atoms with E-state index in [1.165, 1.54) is 0 Å². The van der Waals surface area contributed by atoms with Gasteiger partial charge in [-0.3, -0.25) is 0 Å². The summed E-state index contributed by atoms with van der Waals surface area (Å²) in [7, 11) is 0. The van der Waals surface area contributed by atoms with Gasteiger partial charge in [0.05, 0.1) is 12.2 Å². The van der Waals surface area contributed by atoms with Crippen molar-refractivity contribution in [3.8, 4) is 0 Å². The Morgan fingerprint density at radius 1 is 1.18 bits per heavy atom. The molecule has 1 rings (SSSR count). The van der Waals surface area contributed by atoms with Crippen LogP contribution in [0.15, 0.2) is 0 Å². The van der Waals surface area contributed by atoms with Crippen molar-refractivity contribution in [1.29, 1.82) is 0 Å². The first kappa shape index (κ1) is 9.01. The quantitative estimate of drug-likeness (QED) is 0.601. The maximum Gasteiger partial charge on any atom is 0.0595 e. The van der Waals surface area contributed by atoms with Gasteiger partial charge in [0.2, 0.25) is 0 Å². The van der Waals surface area contributed by atoms with Crippen LogP contribution in [0.1, 0.15) is 33.1 Å². The molecule has 0 bridgehead atoms. The average Bonchev–Trinajstić information content (AvgIpc) is 1.85. The van der Waals surface area contributed by atoms with Crippen molar-refractivity contribution in [3.05, 3.63) is 0 Å². The average molecular weight is 158 g/mol. The number of rotatable bonds is 1. The van der Waals surface area contributed by atoms with E-state index >= 15 is 0 Å². The predicted octanol–water partition coefficient (Wildman–Crippen LogP) is 1.16. The van der Waals surface area contributed by atoms with E-state index < -0.39 is 0 Å². The molecule has 2 heteroatoms. The van der Waals surface area contributed by atoms with Crippen molar-refractivity contribution in [2.45, 2.75) is 45.3 Å². The Labute approximate surface area is 68.2 Å². The minimum absolute atomic E-state index is 0.264. The molecule has 3 atom stereocenters. The lowest BCUT2D eigenvalue weighted by Crippen LogP contribution is -2.34. The molecule has 2 N–H and O–H groups in total. The number of hydrogen-bond acceptors (Lipinski definition) is 2. The molecule has 1 aliphatic carbocycles. The third-order valence-electron chi connectivity index (χ3n) is 2.70. The third kappa shape index (κ3) is 2.17. The highest BCUT2D eigenvalue weighted by Crippen LogP contribution is 2.30. The molecule has 0 heterocycles. The minimum atomic E-state index is -0.279. The zero-order chi connectivity index (χ0) is 8.43. The van der Waals surface area contributed by atoms with Gasteiger partial charge >= 0.3 is 0 Å². The van der Waals surface area contributed by atoms with Crippen molar-refractivity contribution in [2.75, 3.05) is 0 Å². The summed E-state index contributed by atoms with van der Waals surface area (Å²) < 4.78 is 0. The van der Waals surface area contributed by atoms with Crippen LogP contribution in [0, 0.1) is 11.8 Å². The fourth-order valence-electron chi connectivity index (χ4n) is 1.93. The highest BCUT2D eigenvalue weighted by molar-refractivity contribution is 4.80. The Hall–Kier alpha value is -0.0800. The Balaban J connectivity index is 2.44. The monoisotopic (exact) mass is 158 g/mol. The molecule has 1 saturated carbocycles. The SMILES string of the molecule is CC(C)[C@H]1CC[C@@H](O)C[C@@H]1O. The van der Waals surface area contributed by atoms with Crippen LogP contribution in [0.3, 0.4) is 0 Å². The molecule has 1 fully saturated rings. The highest BCUT2D eigenvalue weighted by atomic mass is 16.3. The number of aliphatic hydroxyl groups excluding tert-OH is 2. The molecule has 11 heavy (non-hydrogen) atoms. The van der Waals surface area contributed by atoms with Gasteiger partial charge in [-0.05, 0) is 31.1 Å². The van der Waals surface area contributed by atoms with Gasteiger partial charge in [0, 0.05) is 0 Å². The van der Waals surface area contributed by atoms with E-state index in [4.69, 9.17) is 0 Å². The second-order valence-corrected chi connectivity index (χ2v) is 3.94. The van der Waals surface area contributed by atoms with E-state index in [0.29, 0.717) is 18.3 Å². The number of aliphatic hydroxyl groups is 2. The molecule has 0 aromatic heterocycles. The summed E-state index contributed by atoms with van der Waals surface area (Å²) in [6.07, 6.45) is 1.86. The van der Waals surface area contributed by atoms with Crippen molar-refractivity contribution in [1.82, 2.24) is 0 Å². The molecule has 0 unspecified atom stereocenters. The molecule has 0 aromatic carbocycles. The molecule has 0 saturated heterocycles. The first-order chi connectivity index (χ1) is 5.11. The van der Waals surface area contributed by atoms with Crippen LogP contribution < -0.4 is 0 Å². The minimum Gasteiger partial charge on any atom is -0.393 e. The van der Waals surface area contributed by atoms with Gasteiger partial charge in [-0.15, -0.1) is 0 Å². The largest absolute Gasteiger partial charge is 0.393 e. The summed E-state index contributed by atoms with van der Waals surface area (Å²) in [6.45, 7) is 4.26. The fraction of sp³-hybridized carbons (Fsp3) is 1.00. The van der Waals surface area contributed by atoms with Gasteiger partial charge in [0.15, 0.2) is 0 Å². The van der Waals surface area contributed by atoms with Crippen molar-refractivity contribution in [3.63, 3.8) is 0 Å². The topological polar surface area (TPSA) is 40.5 Å². The van der Waals surface area contributed by atoms with E-state index in [9.17, 15) is 10.2 Å². The van der Waals surface area contributed by atoms with Crippen LogP contribution in [0.2, 0.25) is 0 Å². The highest BCUT2D eigenvalue weighted by Gasteiger charge is 2.29. The maximum absolute atomic E-state index is 9.55. The van der Waals surface area contributed by atoms with Crippen LogP contribution in [-0.4, -0.2) is 22.4 Å². The molecule has 0 amide bonds. The van der Waals surface area contributed by atoms with Crippen molar-refractivity contribution in [2.24, 2.45) is 11.8 Å². The smallest absolute Gasteiger partial charge is 0.0595 e. The lowest BCUT2D eigenvalue weighted by atomic mass is 9.78. The first-order valence-corrected chi connectivity index (χ1v) is 4.47. The second kappa shape index (κ2) is 3.55. The first-order valence-electron chi connectivity index (χ1n) is 4.47. The van der Waals surface area contributed by atoms with Crippen molar-refractivity contribution < 1.29 is 10.2 Å². The van der Waals surface area contributed by atoms with Crippen LogP contribution >= 0.6 is 0 Å². The molecule has 1 aliphatic rings. The van der Waals surface area contributed by atoms with E-state index in [0.717, 1.165) is 12.8 Å². The van der Waals surface area contributed by atoms with Crippen molar-refractivity contribution >= 4 is 0 Å². The molecule has 0 aromatic rings. The van der Waals surface area contributed by atoms with Gasteiger partial charge in [0.1, 0.15) is 0 Å². The molecule has 0 spiro atoms. The third-order valence-corrected chi connectivity index (χ3v) is 2.70. The number of hydrogen-bond donors (Lipinski definition) is 2. The zero-order valence-electron chi connectivity index (χ0n) is 7.33. The standard InChI is InChI=1S/C9H18O2/c1-6(2)8-4-3-7(10)5-9(8)11/h6-11H,3-5H2,1-2H3/t7-,8-,9+/m1/s1. The Bertz CT molecular complexity index is 123. The molecule has 2 nitrogen and oxygen atoms in total. The second-order valence-electron chi connectivity index (χ2n) is 3.94. The van der Waals surface area contributed by atoms with Gasteiger partial charge in [0.25, 0.3) is 0 Å². The van der Waals surface area contributed by atoms with Crippen LogP contribution in [0.25, 0.3) is 0 Å². The summed E-state index contributed by atoms with van der Waals surface area (Å²) in [5.41, 5.74) is 0. The Morgan fingerprint density at radius 2 is 1.82 bits per heavy atom. The van der Waals surface area contributed by atoms with E-state index in [1.54, 1.807) is 0 Å². The van der Waals surface area contributed by atoms with Gasteiger partial charge in [-0.2, -0.15) is 0 Å². The van der Waals surface area contributed by atoms with Crippen LogP contribution in [0.5, 0.6) is 0 Å². The van der Waals surface area contributed by atoms with Crippen LogP contribution in [0.4, 0.5) is 0 Å². The lowest BCUT2D eigenvalue weighted by molar-refractivity contribution is -0.0142. The molecule has 66 valence electrons. The van der Waals surface area contributed by atoms with Crippen LogP contribution in [-0.2, 0) is 0 Å². The summed E-state index contributed by atoms with van der Waals surface area (Å²) in [4.78, 5) is 0. The van der Waals surface area contributed by atoms with E-state index in [2.05, 4.69) is 13.8 Å². The summed E-state index contributed by atoms with van der Waals surface area (Å²) >= 11 is 0. The van der Waals surface area contributed by atoms with Gasteiger partial charge < -0.3 is 10.2 Å². The summed E-state index contributed by atoms with van der Waals surface area (Å²) in [5, 5.41) is 18.8. The summed E-state index contributed by atoms with van der Waals surface area (Å²) in [6, 6.07) is 0. The van der Waals surface area contributed by atoms with Gasteiger partial charge in [-0.1, -0.05) is 13.8 Å². The lowest BCUT2D eigenvalue weighted by Gasteiger charge is -2.33. The molecule has 0 radical (unpaired) electrons. The molecular weight excluding hydrogens is 140 g/mol. The Morgan fingerprint density at radius 3 is 2.27 bits per heavy atom. The van der Waals surface area contributed by atoms with E-state index in [1.807, 2.05) is 0 Å². The van der Waals surface area contributed by atoms with Gasteiger partial charge in [-0.25, -0.2) is 0 Å². The maximum atomic E-state index is 9.55. The fourth-order valence-corrected chi connectivity index (χ4v) is 1.93. The summed E-state index contributed by atoms with van der Waals surface area (Å²) in [5.74, 6) is 0.941. The molecule has 0 aliphatic heterocycles.